The van der Waals surface area contributed by atoms with Crippen molar-refractivity contribution in [2.75, 3.05) is 18.2 Å². The van der Waals surface area contributed by atoms with Crippen LogP contribution in [0.25, 0.3) is 0 Å². The number of phenols is 1. The number of aromatic nitrogens is 2. The summed E-state index contributed by atoms with van der Waals surface area (Å²) in [5.41, 5.74) is 0.766. The largest absolute Gasteiger partial charge is 0.504 e. The molecule has 0 aliphatic carbocycles. The molecule has 7 nitrogen and oxygen atoms in total. The van der Waals surface area contributed by atoms with Crippen LogP contribution in [0.3, 0.4) is 0 Å². The summed E-state index contributed by atoms with van der Waals surface area (Å²) in [7, 11) is 3.25. The van der Waals surface area contributed by atoms with Crippen molar-refractivity contribution in [3.8, 4) is 11.5 Å². The molecule has 1 aromatic carbocycles. The Morgan fingerprint density at radius 1 is 1.42 bits per heavy atom. The number of ether oxygens (including phenoxy) is 1. The smallest absolute Gasteiger partial charge is 0.279 e. The van der Waals surface area contributed by atoms with Crippen molar-refractivity contribution >= 4 is 23.5 Å². The molecular formula is C18H21N3O4S. The van der Waals surface area contributed by atoms with Gasteiger partial charge in [0.2, 0.25) is 5.91 Å². The predicted octanol–water partition coefficient (Wildman–Crippen LogP) is 2.47. The van der Waals surface area contributed by atoms with Gasteiger partial charge in [-0.2, -0.15) is 4.98 Å². The lowest BCUT2D eigenvalue weighted by Crippen LogP contribution is -2.33. The highest BCUT2D eigenvalue weighted by molar-refractivity contribution is 7.99. The van der Waals surface area contributed by atoms with Gasteiger partial charge in [-0.25, -0.2) is 0 Å². The minimum absolute atomic E-state index is 0.0302. The summed E-state index contributed by atoms with van der Waals surface area (Å²) in [6.45, 7) is 2.05. The molecule has 0 radical (unpaired) electrons. The Bertz CT molecular complexity index is 910. The number of aromatic hydroxyl groups is 1. The van der Waals surface area contributed by atoms with Crippen LogP contribution >= 0.6 is 11.8 Å². The van der Waals surface area contributed by atoms with E-state index in [2.05, 4.69) is 17.2 Å². The molecule has 1 aliphatic heterocycles. The molecule has 1 atom stereocenters. The number of hydrogen-bond donors (Lipinski definition) is 2. The Kier molecular flexibility index (Phi) is 5.22. The van der Waals surface area contributed by atoms with E-state index in [4.69, 9.17) is 4.74 Å². The molecule has 1 aliphatic rings. The molecule has 2 aromatic rings. The van der Waals surface area contributed by atoms with Crippen LogP contribution in [-0.2, 0) is 11.8 Å². The van der Waals surface area contributed by atoms with Gasteiger partial charge in [0.05, 0.1) is 12.7 Å². The van der Waals surface area contributed by atoms with Gasteiger partial charge < -0.3 is 19.7 Å². The lowest BCUT2D eigenvalue weighted by atomic mass is 9.86. The normalized spacial score (nSPS) is 16.1. The fraction of sp³-hybridized carbons (Fsp3) is 0.389. The summed E-state index contributed by atoms with van der Waals surface area (Å²) >= 11 is 1.48. The first-order chi connectivity index (χ1) is 12.5. The average Bonchev–Trinajstić information content (AvgIpc) is 2.62. The molecule has 26 heavy (non-hydrogen) atoms. The van der Waals surface area contributed by atoms with E-state index in [1.807, 2.05) is 0 Å². The lowest BCUT2D eigenvalue weighted by Gasteiger charge is -2.27. The molecule has 1 amide bonds. The van der Waals surface area contributed by atoms with Crippen LogP contribution < -0.4 is 15.6 Å². The van der Waals surface area contributed by atoms with Gasteiger partial charge >= 0.3 is 0 Å². The fourth-order valence-electron chi connectivity index (χ4n) is 3.07. The van der Waals surface area contributed by atoms with Crippen molar-refractivity contribution in [3.05, 3.63) is 39.7 Å². The van der Waals surface area contributed by atoms with Gasteiger partial charge in [0.1, 0.15) is 5.82 Å². The molecular weight excluding hydrogens is 354 g/mol. The molecule has 0 saturated heterocycles. The number of amides is 1. The number of benzene rings is 1. The molecule has 0 saturated carbocycles. The minimum atomic E-state index is -0.466. The Morgan fingerprint density at radius 2 is 2.19 bits per heavy atom. The van der Waals surface area contributed by atoms with E-state index in [0.717, 1.165) is 12.2 Å². The first-order valence-electron chi connectivity index (χ1n) is 8.36. The zero-order valence-corrected chi connectivity index (χ0v) is 15.7. The summed E-state index contributed by atoms with van der Waals surface area (Å²) in [5.74, 6) is 0.976. The number of hydrogen-bond acceptors (Lipinski definition) is 6. The van der Waals surface area contributed by atoms with Crippen LogP contribution in [0.1, 0.15) is 36.8 Å². The second-order valence-electron chi connectivity index (χ2n) is 6.11. The lowest BCUT2D eigenvalue weighted by molar-refractivity contribution is -0.116. The van der Waals surface area contributed by atoms with E-state index in [-0.39, 0.29) is 23.6 Å². The van der Waals surface area contributed by atoms with E-state index < -0.39 is 5.92 Å². The van der Waals surface area contributed by atoms with Crippen LogP contribution in [0.4, 0.5) is 5.82 Å². The first kappa shape index (κ1) is 18.3. The quantitative estimate of drug-likeness (QED) is 0.616. The number of carbonyl (C=O) groups excluding carboxylic acids is 1. The summed E-state index contributed by atoms with van der Waals surface area (Å²) in [6, 6.07) is 4.91. The van der Waals surface area contributed by atoms with Gasteiger partial charge in [0, 0.05) is 25.1 Å². The van der Waals surface area contributed by atoms with Crippen molar-refractivity contribution in [3.63, 3.8) is 0 Å². The number of carbonyl (C=O) groups is 1. The molecule has 3 rings (SSSR count). The van der Waals surface area contributed by atoms with E-state index in [0.29, 0.717) is 27.9 Å². The van der Waals surface area contributed by atoms with E-state index in [1.54, 1.807) is 23.7 Å². The fourth-order valence-corrected chi connectivity index (χ4v) is 3.89. The van der Waals surface area contributed by atoms with Gasteiger partial charge in [-0.05, 0) is 24.1 Å². The van der Waals surface area contributed by atoms with Crippen molar-refractivity contribution in [1.29, 1.82) is 0 Å². The summed E-state index contributed by atoms with van der Waals surface area (Å²) in [6.07, 6.45) is 1.08. The Morgan fingerprint density at radius 3 is 2.85 bits per heavy atom. The predicted molar refractivity (Wildman–Crippen MR) is 100 cm³/mol. The third-order valence-corrected chi connectivity index (χ3v) is 5.58. The number of fused-ring (bicyclic) bond motifs is 1. The molecule has 8 heteroatoms. The third kappa shape index (κ3) is 3.29. The van der Waals surface area contributed by atoms with E-state index >= 15 is 0 Å². The molecule has 0 fully saturated rings. The second kappa shape index (κ2) is 7.41. The minimum Gasteiger partial charge on any atom is -0.504 e. The maximum Gasteiger partial charge on any atom is 0.279 e. The van der Waals surface area contributed by atoms with Gasteiger partial charge in [-0.3, -0.25) is 9.59 Å². The average molecular weight is 375 g/mol. The Hall–Kier alpha value is -2.48. The van der Waals surface area contributed by atoms with Crippen LogP contribution in [0, 0.1) is 0 Å². The SMILES string of the molecule is CCCSc1nc(=O)c2c(n1C)NC(=O)C[C@H]2c1ccc(OC)c(O)c1. The number of thioether (sulfide) groups is 1. The van der Waals surface area contributed by atoms with Crippen molar-refractivity contribution in [2.24, 2.45) is 7.05 Å². The molecule has 1 aromatic heterocycles. The summed E-state index contributed by atoms with van der Waals surface area (Å²) in [5, 5.41) is 13.5. The van der Waals surface area contributed by atoms with Crippen molar-refractivity contribution < 1.29 is 14.6 Å². The summed E-state index contributed by atoms with van der Waals surface area (Å²) < 4.78 is 6.82. The number of methoxy groups -OCH3 is 1. The van der Waals surface area contributed by atoms with Crippen LogP contribution in [0.15, 0.2) is 28.2 Å². The highest BCUT2D eigenvalue weighted by Crippen LogP contribution is 2.38. The Labute approximate surface area is 155 Å². The number of anilines is 1. The highest BCUT2D eigenvalue weighted by Gasteiger charge is 2.32. The standard InChI is InChI=1S/C18H21N3O4S/c1-4-7-26-18-20-17(24)15-11(9-14(23)19-16(15)21(18)2)10-5-6-13(25-3)12(22)8-10/h5-6,8,11,22H,4,7,9H2,1-3H3,(H,19,23)/t11-/m0/s1. The van der Waals surface area contributed by atoms with E-state index in [1.165, 1.54) is 24.9 Å². The van der Waals surface area contributed by atoms with Crippen LogP contribution in [-0.4, -0.2) is 33.4 Å². The molecule has 0 unspecified atom stereocenters. The summed E-state index contributed by atoms with van der Waals surface area (Å²) in [4.78, 5) is 29.2. The molecule has 0 spiro atoms. The van der Waals surface area contributed by atoms with E-state index in [9.17, 15) is 14.7 Å². The molecule has 2 heterocycles. The molecule has 138 valence electrons. The monoisotopic (exact) mass is 375 g/mol. The zero-order valence-electron chi connectivity index (χ0n) is 14.9. The van der Waals surface area contributed by atoms with Crippen LogP contribution in [0.2, 0.25) is 0 Å². The van der Waals surface area contributed by atoms with Crippen molar-refractivity contribution in [2.45, 2.75) is 30.8 Å². The van der Waals surface area contributed by atoms with Gasteiger partial charge in [-0.15, -0.1) is 0 Å². The molecule has 2 N–H and O–H groups in total. The third-order valence-electron chi connectivity index (χ3n) is 4.34. The topological polar surface area (TPSA) is 93.5 Å². The van der Waals surface area contributed by atoms with Gasteiger partial charge in [-0.1, -0.05) is 24.8 Å². The number of nitrogens with zero attached hydrogens (tertiary/aromatic N) is 2. The number of nitrogens with one attached hydrogen (secondary N) is 1. The number of phenolic OH excluding ortho intramolecular Hbond substituents is 1. The Balaban J connectivity index is 2.12. The van der Waals surface area contributed by atoms with Crippen molar-refractivity contribution in [1.82, 2.24) is 9.55 Å². The number of rotatable bonds is 5. The van der Waals surface area contributed by atoms with Gasteiger partial charge in [0.15, 0.2) is 16.7 Å². The second-order valence-corrected chi connectivity index (χ2v) is 7.17. The first-order valence-corrected chi connectivity index (χ1v) is 9.35. The maximum absolute atomic E-state index is 12.7. The zero-order chi connectivity index (χ0) is 18.8. The molecule has 0 bridgehead atoms. The van der Waals surface area contributed by atoms with Crippen LogP contribution in [0.5, 0.6) is 11.5 Å². The van der Waals surface area contributed by atoms with Gasteiger partial charge in [0.25, 0.3) is 5.56 Å². The highest BCUT2D eigenvalue weighted by atomic mass is 32.2. The maximum atomic E-state index is 12.7.